The van der Waals surface area contributed by atoms with Gasteiger partial charge in [0.25, 0.3) is 0 Å². The van der Waals surface area contributed by atoms with Gasteiger partial charge in [-0.2, -0.15) is 0 Å². The molecule has 1 saturated carbocycles. The Kier molecular flexibility index (Phi) is 7.63. The summed E-state index contributed by atoms with van der Waals surface area (Å²) >= 11 is 0. The van der Waals surface area contributed by atoms with Gasteiger partial charge in [0.05, 0.1) is 19.6 Å². The molecule has 0 bridgehead atoms. The highest BCUT2D eigenvalue weighted by molar-refractivity contribution is 6.03. The molecule has 1 aliphatic rings. The minimum absolute atomic E-state index is 0.321. The number of carbonyl (C=O) groups excluding carboxylic acids is 3. The maximum absolute atomic E-state index is 12.2. The molecule has 9 nitrogen and oxygen atoms in total. The highest BCUT2D eigenvalue weighted by atomic mass is 16.6. The van der Waals surface area contributed by atoms with Crippen LogP contribution in [0.5, 0.6) is 0 Å². The van der Waals surface area contributed by atoms with Gasteiger partial charge in [0.2, 0.25) is 11.9 Å². The van der Waals surface area contributed by atoms with E-state index >= 15 is 0 Å². The third-order valence-corrected chi connectivity index (χ3v) is 3.86. The number of aliphatic carboxylic acids is 1. The van der Waals surface area contributed by atoms with Crippen LogP contribution in [0.15, 0.2) is 0 Å². The Hall–Kier alpha value is -2.16. The van der Waals surface area contributed by atoms with E-state index in [-0.39, 0.29) is 6.10 Å². The van der Waals surface area contributed by atoms with E-state index in [2.05, 4.69) is 10.1 Å². The molecule has 3 unspecified atom stereocenters. The Bertz CT molecular complexity index is 494. The van der Waals surface area contributed by atoms with E-state index in [0.29, 0.717) is 18.8 Å². The number of nitrogens with two attached hydrogens (primary N) is 1. The molecule has 0 saturated heterocycles. The second-order valence-corrected chi connectivity index (χ2v) is 6.00. The van der Waals surface area contributed by atoms with Crippen molar-refractivity contribution >= 4 is 23.8 Å². The van der Waals surface area contributed by atoms with E-state index in [1.807, 2.05) is 6.92 Å². The van der Waals surface area contributed by atoms with Gasteiger partial charge in [-0.05, 0) is 25.2 Å². The van der Waals surface area contributed by atoms with Crippen LogP contribution in [0.25, 0.3) is 0 Å². The number of esters is 2. The average molecular weight is 344 g/mol. The van der Waals surface area contributed by atoms with Crippen LogP contribution in [0.1, 0.15) is 39.0 Å². The summed E-state index contributed by atoms with van der Waals surface area (Å²) in [7, 11) is 1.06. The Labute approximate surface area is 139 Å². The number of hydrogen-bond donors (Lipinski definition) is 3. The van der Waals surface area contributed by atoms with Crippen LogP contribution in [-0.2, 0) is 28.7 Å². The molecule has 4 N–H and O–H groups in total. The van der Waals surface area contributed by atoms with Gasteiger partial charge in [0.1, 0.15) is 6.10 Å². The van der Waals surface area contributed by atoms with E-state index in [0.717, 1.165) is 20.0 Å². The molecule has 1 aliphatic carbocycles. The molecule has 4 atom stereocenters. The number of carboxylic acids is 1. The van der Waals surface area contributed by atoms with Crippen molar-refractivity contribution in [1.29, 1.82) is 0 Å². The lowest BCUT2D eigenvalue weighted by Crippen LogP contribution is -2.53. The number of hydrogen-bond acceptors (Lipinski definition) is 7. The second kappa shape index (κ2) is 9.21. The van der Waals surface area contributed by atoms with Crippen LogP contribution in [0.3, 0.4) is 0 Å². The number of methoxy groups -OCH3 is 1. The summed E-state index contributed by atoms with van der Waals surface area (Å²) in [6.45, 7) is 2.05. The highest BCUT2D eigenvalue weighted by Gasteiger charge is 2.35. The molecule has 1 rings (SSSR count). The van der Waals surface area contributed by atoms with Crippen molar-refractivity contribution in [2.24, 2.45) is 11.7 Å². The smallest absolute Gasteiger partial charge is 0.340 e. The third-order valence-electron chi connectivity index (χ3n) is 3.86. The summed E-state index contributed by atoms with van der Waals surface area (Å²) in [4.78, 5) is 46.4. The monoisotopic (exact) mass is 344 g/mol. The Balaban J connectivity index is 2.70. The van der Waals surface area contributed by atoms with Crippen LogP contribution in [0.2, 0.25) is 0 Å². The first-order valence-electron chi connectivity index (χ1n) is 7.80. The number of amides is 1. The molecule has 136 valence electrons. The summed E-state index contributed by atoms with van der Waals surface area (Å²) in [5.41, 5.74) is 5.41. The van der Waals surface area contributed by atoms with Crippen LogP contribution >= 0.6 is 0 Å². The van der Waals surface area contributed by atoms with Gasteiger partial charge in [-0.15, -0.1) is 0 Å². The molecule has 0 heterocycles. The maximum Gasteiger partial charge on any atom is 0.340 e. The molecular formula is C15H24N2O7. The number of carboxylic acid groups (broad SMARTS) is 1. The molecule has 0 aromatic carbocycles. The molecule has 0 aliphatic heterocycles. The predicted molar refractivity (Wildman–Crippen MR) is 81.7 cm³/mol. The van der Waals surface area contributed by atoms with Gasteiger partial charge >= 0.3 is 17.9 Å². The topological polar surface area (TPSA) is 145 Å². The molecular weight excluding hydrogens is 320 g/mol. The van der Waals surface area contributed by atoms with Crippen LogP contribution < -0.4 is 11.1 Å². The summed E-state index contributed by atoms with van der Waals surface area (Å²) in [6, 6.07) is -3.06. The maximum atomic E-state index is 12.2. The fourth-order valence-corrected chi connectivity index (χ4v) is 2.58. The molecule has 24 heavy (non-hydrogen) atoms. The zero-order valence-electron chi connectivity index (χ0n) is 13.8. The van der Waals surface area contributed by atoms with Gasteiger partial charge in [-0.1, -0.05) is 13.3 Å². The first-order valence-corrected chi connectivity index (χ1v) is 7.80. The Morgan fingerprint density at radius 3 is 2.46 bits per heavy atom. The lowest BCUT2D eigenvalue weighted by molar-refractivity contribution is -0.163. The molecule has 0 aromatic rings. The van der Waals surface area contributed by atoms with Crippen molar-refractivity contribution in [3.05, 3.63) is 0 Å². The van der Waals surface area contributed by atoms with E-state index in [1.165, 1.54) is 0 Å². The molecule has 9 heteroatoms. The van der Waals surface area contributed by atoms with Gasteiger partial charge in [0, 0.05) is 0 Å². The summed E-state index contributed by atoms with van der Waals surface area (Å²) in [5.74, 6) is -3.74. The van der Waals surface area contributed by atoms with Crippen molar-refractivity contribution in [3.8, 4) is 0 Å². The SMILES string of the molecule is COC(=O)C(NC(=O)[C@@H](N)CC(=O)O)C(=O)OC1CCCC(C)C1. The minimum atomic E-state index is -1.67. The van der Waals surface area contributed by atoms with Crippen molar-refractivity contribution in [2.75, 3.05) is 7.11 Å². The fourth-order valence-electron chi connectivity index (χ4n) is 2.58. The summed E-state index contributed by atoms with van der Waals surface area (Å²) < 4.78 is 9.79. The van der Waals surface area contributed by atoms with Crippen molar-refractivity contribution in [1.82, 2.24) is 5.32 Å². The van der Waals surface area contributed by atoms with Crippen molar-refractivity contribution in [2.45, 2.75) is 57.2 Å². The lowest BCUT2D eigenvalue weighted by Gasteiger charge is -2.28. The number of nitrogens with one attached hydrogen (secondary N) is 1. The normalized spacial score (nSPS) is 22.8. The first-order chi connectivity index (χ1) is 11.2. The van der Waals surface area contributed by atoms with Crippen LogP contribution in [-0.4, -0.2) is 54.2 Å². The Morgan fingerprint density at radius 1 is 1.25 bits per heavy atom. The minimum Gasteiger partial charge on any atom is -0.481 e. The van der Waals surface area contributed by atoms with E-state index in [9.17, 15) is 19.2 Å². The molecule has 1 fully saturated rings. The fraction of sp³-hybridized carbons (Fsp3) is 0.733. The Morgan fingerprint density at radius 2 is 1.92 bits per heavy atom. The van der Waals surface area contributed by atoms with Gasteiger partial charge in [-0.25, -0.2) is 9.59 Å². The predicted octanol–water partition coefficient (Wildman–Crippen LogP) is -0.432. The zero-order chi connectivity index (χ0) is 18.3. The van der Waals surface area contributed by atoms with Crippen LogP contribution in [0, 0.1) is 5.92 Å². The van der Waals surface area contributed by atoms with Gasteiger partial charge < -0.3 is 25.6 Å². The standard InChI is InChI=1S/C15H24N2O7/c1-8-4-3-5-9(6-8)24-15(22)12(14(21)23-2)17-13(20)10(16)7-11(18)19/h8-10,12H,3-7,16H2,1-2H3,(H,17,20)(H,18,19)/t8?,9?,10-,12?/m0/s1. The summed E-state index contributed by atoms with van der Waals surface area (Å²) in [6.07, 6.45) is 2.39. The first kappa shape index (κ1) is 19.9. The van der Waals surface area contributed by atoms with E-state index < -0.39 is 42.3 Å². The summed E-state index contributed by atoms with van der Waals surface area (Å²) in [5, 5.41) is 10.7. The largest absolute Gasteiger partial charge is 0.481 e. The molecule has 0 spiro atoms. The van der Waals surface area contributed by atoms with Crippen molar-refractivity contribution < 1.29 is 33.8 Å². The second-order valence-electron chi connectivity index (χ2n) is 6.00. The lowest BCUT2D eigenvalue weighted by atomic mass is 9.89. The van der Waals surface area contributed by atoms with Crippen molar-refractivity contribution in [3.63, 3.8) is 0 Å². The van der Waals surface area contributed by atoms with Gasteiger partial charge in [0.15, 0.2) is 0 Å². The van der Waals surface area contributed by atoms with Gasteiger partial charge in [-0.3, -0.25) is 9.59 Å². The average Bonchev–Trinajstić information content (AvgIpc) is 2.50. The molecule has 1 amide bonds. The van der Waals surface area contributed by atoms with Crippen LogP contribution in [0.4, 0.5) is 0 Å². The van der Waals surface area contributed by atoms with E-state index in [4.69, 9.17) is 15.6 Å². The molecule has 0 radical (unpaired) electrons. The quantitative estimate of drug-likeness (QED) is 0.416. The number of ether oxygens (including phenoxy) is 2. The highest BCUT2D eigenvalue weighted by Crippen LogP contribution is 2.26. The third kappa shape index (κ3) is 6.15. The molecule has 0 aromatic heterocycles. The zero-order valence-corrected chi connectivity index (χ0v) is 13.8. The van der Waals surface area contributed by atoms with E-state index in [1.54, 1.807) is 0 Å². The number of rotatable bonds is 7. The number of carbonyl (C=O) groups is 4.